The first-order valence-electron chi connectivity index (χ1n) is 15.5. The number of nitrogens with zero attached hydrogens (tertiary/aromatic N) is 3. The van der Waals surface area contributed by atoms with Gasteiger partial charge in [0.05, 0.1) is 30.1 Å². The smallest absolute Gasteiger partial charge is 0.253 e. The minimum absolute atomic E-state index is 0.235. The predicted molar refractivity (Wildman–Crippen MR) is 171 cm³/mol. The van der Waals surface area contributed by atoms with E-state index in [9.17, 15) is 14.7 Å². The van der Waals surface area contributed by atoms with Gasteiger partial charge in [-0.1, -0.05) is 91.0 Å². The van der Waals surface area contributed by atoms with Gasteiger partial charge < -0.3 is 24.5 Å². The van der Waals surface area contributed by atoms with Crippen molar-refractivity contribution < 1.29 is 24.2 Å². The molecule has 0 saturated carbocycles. The molecule has 2 fully saturated rings. The van der Waals surface area contributed by atoms with Crippen molar-refractivity contribution in [3.05, 3.63) is 120 Å². The number of hydrogen-bond donors (Lipinski definition) is 1. The molecular weight excluding hydrogens is 566 g/mol. The predicted octanol–water partition coefficient (Wildman–Crippen LogP) is 4.51. The molecule has 0 aliphatic carbocycles. The van der Waals surface area contributed by atoms with Gasteiger partial charge in [-0.3, -0.25) is 14.4 Å². The van der Waals surface area contributed by atoms with Crippen LogP contribution in [-0.4, -0.2) is 64.7 Å². The topological polar surface area (TPSA) is 90.4 Å². The van der Waals surface area contributed by atoms with Gasteiger partial charge >= 0.3 is 0 Å². The molecule has 0 radical (unpaired) electrons. The van der Waals surface area contributed by atoms with Gasteiger partial charge in [0, 0.05) is 24.5 Å². The lowest BCUT2D eigenvalue weighted by atomic mass is 9.74. The normalized spacial score (nSPS) is 29.7. The van der Waals surface area contributed by atoms with Crippen molar-refractivity contribution in [3.63, 3.8) is 0 Å². The Labute approximate surface area is 263 Å². The first-order chi connectivity index (χ1) is 21.7. The van der Waals surface area contributed by atoms with E-state index in [1.54, 1.807) is 9.80 Å². The summed E-state index contributed by atoms with van der Waals surface area (Å²) in [6.45, 7) is 5.98. The van der Waals surface area contributed by atoms with Crippen LogP contribution in [-0.2, 0) is 19.1 Å². The maximum absolute atomic E-state index is 15.0. The fourth-order valence-corrected chi connectivity index (χ4v) is 8.10. The molecule has 1 spiro atoms. The lowest BCUT2D eigenvalue weighted by Gasteiger charge is -2.40. The monoisotopic (exact) mass is 603 g/mol. The molecule has 1 N–H and O–H groups in total. The van der Waals surface area contributed by atoms with Gasteiger partial charge in [-0.25, -0.2) is 0 Å². The average molecular weight is 604 g/mol. The number of aliphatic hydroxyl groups excluding tert-OH is 1. The summed E-state index contributed by atoms with van der Waals surface area (Å²) in [6.07, 6.45) is 7.53. The van der Waals surface area contributed by atoms with Crippen LogP contribution in [0.5, 0.6) is 0 Å². The van der Waals surface area contributed by atoms with Crippen molar-refractivity contribution in [2.45, 2.75) is 44.1 Å². The van der Waals surface area contributed by atoms with Gasteiger partial charge in [0.15, 0.2) is 0 Å². The molecule has 8 nitrogen and oxygen atoms in total. The van der Waals surface area contributed by atoms with Gasteiger partial charge in [-0.15, -0.1) is 0 Å². The van der Waals surface area contributed by atoms with Crippen molar-refractivity contribution in [2.24, 2.45) is 11.8 Å². The van der Waals surface area contributed by atoms with Crippen LogP contribution >= 0.6 is 0 Å². The molecule has 3 aromatic carbocycles. The van der Waals surface area contributed by atoms with Gasteiger partial charge in [-0.2, -0.15) is 0 Å². The number of rotatable bonds is 5. The van der Waals surface area contributed by atoms with Crippen molar-refractivity contribution in [3.8, 4) is 0 Å². The third-order valence-corrected chi connectivity index (χ3v) is 9.97. The Bertz CT molecular complexity index is 1700. The third kappa shape index (κ3) is 4.30. The van der Waals surface area contributed by atoms with Gasteiger partial charge in [0.1, 0.15) is 11.6 Å². The summed E-state index contributed by atoms with van der Waals surface area (Å²) in [6, 6.07) is 22.6. The van der Waals surface area contributed by atoms with Crippen LogP contribution in [0.1, 0.15) is 29.7 Å². The lowest BCUT2D eigenvalue weighted by molar-refractivity contribution is -0.148. The highest BCUT2D eigenvalue weighted by Gasteiger charge is 2.75. The summed E-state index contributed by atoms with van der Waals surface area (Å²) in [5, 5.41) is 10.8. The molecule has 0 bridgehead atoms. The number of hydrogen-bond acceptors (Lipinski definition) is 5. The Kier molecular flexibility index (Phi) is 7.02. The summed E-state index contributed by atoms with van der Waals surface area (Å²) >= 11 is 0. The van der Waals surface area contributed by atoms with Crippen LogP contribution in [0.4, 0.5) is 11.4 Å². The van der Waals surface area contributed by atoms with E-state index >= 15 is 4.79 Å². The van der Waals surface area contributed by atoms with Crippen molar-refractivity contribution in [2.75, 3.05) is 29.5 Å². The summed E-state index contributed by atoms with van der Waals surface area (Å²) in [7, 11) is 0. The van der Waals surface area contributed by atoms with E-state index in [4.69, 9.17) is 4.74 Å². The maximum atomic E-state index is 15.0. The molecular formula is C37H37N3O5. The molecule has 3 aromatic rings. The van der Waals surface area contributed by atoms with Crippen molar-refractivity contribution >= 4 is 29.1 Å². The summed E-state index contributed by atoms with van der Waals surface area (Å²) in [5.41, 5.74) is 1.48. The highest BCUT2D eigenvalue weighted by molar-refractivity contribution is 6.08. The standard InChI is InChI=1S/C37H37N3O5/c1-24-13-10-14-25(2)31(24)39-22-12-20-37-30(34(43)40(32(37)35(39)44)28(23-41)26-15-6-4-7-16-26)29-33(42)38(27-17-8-5-9-18-27)21-11-19-36(29,3)45-37/h4-20,28-30,32,41H,21-23H2,1-3H3/t28-,29-,30+,32?,36+,37+/m1/s1. The van der Waals surface area contributed by atoms with E-state index in [1.807, 2.05) is 124 Å². The minimum atomic E-state index is -1.44. The zero-order valence-electron chi connectivity index (χ0n) is 25.7. The molecule has 4 heterocycles. The molecule has 1 unspecified atom stereocenters. The van der Waals surface area contributed by atoms with Crippen LogP contribution in [0.15, 0.2) is 103 Å². The van der Waals surface area contributed by atoms with Gasteiger partial charge in [0.25, 0.3) is 5.91 Å². The highest BCUT2D eigenvalue weighted by atomic mass is 16.5. The zero-order valence-corrected chi connectivity index (χ0v) is 25.7. The Morgan fingerprint density at radius 3 is 2.07 bits per heavy atom. The SMILES string of the molecule is Cc1cccc(C)c1N1CC=C[C@]23O[C@@]4(C)C=CCN(c5ccccc5)C(=O)[C@H]4[C@H]2C(=O)N([C@H](CO)c2ccccc2)C3C1=O. The van der Waals surface area contributed by atoms with Crippen LogP contribution in [0.2, 0.25) is 0 Å². The van der Waals surface area contributed by atoms with Crippen LogP contribution in [0.3, 0.4) is 0 Å². The molecule has 4 aliphatic heterocycles. The van der Waals surface area contributed by atoms with Crippen LogP contribution in [0, 0.1) is 25.7 Å². The average Bonchev–Trinajstić information content (AvgIpc) is 3.31. The molecule has 230 valence electrons. The second-order valence-corrected chi connectivity index (χ2v) is 12.6. The van der Waals surface area contributed by atoms with Gasteiger partial charge in [0.2, 0.25) is 11.8 Å². The molecule has 4 aliphatic rings. The van der Waals surface area contributed by atoms with Crippen LogP contribution < -0.4 is 9.80 Å². The molecule has 8 heteroatoms. The lowest BCUT2D eigenvalue weighted by Crippen LogP contribution is -2.57. The van der Waals surface area contributed by atoms with Crippen LogP contribution in [0.25, 0.3) is 0 Å². The number of aliphatic hydroxyl groups is 1. The number of likely N-dealkylation sites (tertiary alicyclic amines) is 1. The molecule has 0 aromatic heterocycles. The number of aryl methyl sites for hydroxylation is 2. The number of anilines is 2. The van der Waals surface area contributed by atoms with E-state index in [0.717, 1.165) is 22.5 Å². The highest BCUT2D eigenvalue weighted by Crippen LogP contribution is 2.59. The number of amides is 3. The second-order valence-electron chi connectivity index (χ2n) is 12.6. The number of para-hydroxylation sites is 2. The first kappa shape index (κ1) is 29.2. The molecule has 6 atom stereocenters. The molecule has 2 saturated heterocycles. The number of carbonyl (C=O) groups is 3. The largest absolute Gasteiger partial charge is 0.394 e. The van der Waals surface area contributed by atoms with E-state index < -0.39 is 41.7 Å². The second kappa shape index (κ2) is 10.8. The number of ether oxygens (including phenoxy) is 1. The third-order valence-electron chi connectivity index (χ3n) is 9.97. The molecule has 3 amide bonds. The summed E-state index contributed by atoms with van der Waals surface area (Å²) in [4.78, 5) is 49.6. The first-order valence-corrected chi connectivity index (χ1v) is 15.5. The van der Waals surface area contributed by atoms with E-state index in [2.05, 4.69) is 0 Å². The van der Waals surface area contributed by atoms with E-state index in [0.29, 0.717) is 12.1 Å². The fraction of sp³-hybridized carbons (Fsp3) is 0.324. The van der Waals surface area contributed by atoms with E-state index in [-0.39, 0.29) is 24.3 Å². The van der Waals surface area contributed by atoms with Crippen molar-refractivity contribution in [1.82, 2.24) is 4.90 Å². The van der Waals surface area contributed by atoms with Gasteiger partial charge in [-0.05, 0) is 49.6 Å². The fourth-order valence-electron chi connectivity index (χ4n) is 8.10. The molecule has 7 rings (SSSR count). The number of carbonyl (C=O) groups excluding carboxylic acids is 3. The van der Waals surface area contributed by atoms with Crippen molar-refractivity contribution in [1.29, 1.82) is 0 Å². The Morgan fingerprint density at radius 2 is 1.40 bits per heavy atom. The number of fused-ring (bicyclic) bond motifs is 2. The van der Waals surface area contributed by atoms with E-state index in [1.165, 1.54) is 4.90 Å². The summed E-state index contributed by atoms with van der Waals surface area (Å²) < 4.78 is 7.02. The molecule has 45 heavy (non-hydrogen) atoms. The maximum Gasteiger partial charge on any atom is 0.253 e. The number of benzene rings is 3. The Hall–Kier alpha value is -4.53. The minimum Gasteiger partial charge on any atom is -0.394 e. The Morgan fingerprint density at radius 1 is 0.778 bits per heavy atom. The quantitative estimate of drug-likeness (QED) is 0.434. The Balaban J connectivity index is 1.42. The zero-order chi connectivity index (χ0) is 31.5. The summed E-state index contributed by atoms with van der Waals surface area (Å²) in [5.74, 6) is -2.82.